The van der Waals surface area contributed by atoms with Crippen molar-refractivity contribution in [1.82, 2.24) is 0 Å². The van der Waals surface area contributed by atoms with Crippen LogP contribution in [0.5, 0.6) is 0 Å². The van der Waals surface area contributed by atoms with Crippen molar-refractivity contribution in [3.8, 4) is 0 Å². The van der Waals surface area contributed by atoms with Gasteiger partial charge < -0.3 is 9.84 Å². The van der Waals surface area contributed by atoms with Crippen LogP contribution >= 0.6 is 0 Å². The third-order valence-corrected chi connectivity index (χ3v) is 14.6. The molecule has 4 aliphatic carbocycles. The molecule has 9 atom stereocenters. The molecule has 0 amide bonds. The standard InChI is InChI=1S/C45H80O3/c1-7-8-9-10-11-12-13-14-15-16-17-18-19-20-21-25-43(47)48-37-32-36-26-27-38-40-29-28-39(35(4)24-22-23-34(2)3)44(40,5)31-30-41(38)45(36,6)42(46)33-37/h26,34-35,37-42,46H,7-25,27-33H2,1-6H3/t35-,37-,38+,39-,40+,41+,42?,44-,45+/m1/s1. The molecule has 0 aromatic rings. The number of aliphatic hydroxyl groups is 1. The van der Waals surface area contributed by atoms with Crippen LogP contribution < -0.4 is 0 Å². The maximum atomic E-state index is 12.8. The maximum absolute atomic E-state index is 12.8. The SMILES string of the molecule is CCCCCCCCCCCCCCCCCC(=O)O[C@@H]1CC2=CC[C@H]3[C@@H]4CC[C@H]([C@H](C)CCCC(C)C)[C@@]4(C)CC[C@@H]3[C@@]2(C)C(O)C1. The Labute approximate surface area is 298 Å². The smallest absolute Gasteiger partial charge is 0.306 e. The molecule has 3 fully saturated rings. The van der Waals surface area contributed by atoms with Crippen LogP contribution in [0.3, 0.4) is 0 Å². The molecule has 4 aliphatic rings. The van der Waals surface area contributed by atoms with E-state index in [4.69, 9.17) is 4.74 Å². The lowest BCUT2D eigenvalue weighted by molar-refractivity contribution is -0.157. The number of hydrogen-bond acceptors (Lipinski definition) is 3. The minimum Gasteiger partial charge on any atom is -0.462 e. The summed E-state index contributed by atoms with van der Waals surface area (Å²) >= 11 is 0. The summed E-state index contributed by atoms with van der Waals surface area (Å²) < 4.78 is 6.04. The Hall–Kier alpha value is -0.830. The zero-order valence-electron chi connectivity index (χ0n) is 32.8. The van der Waals surface area contributed by atoms with Crippen molar-refractivity contribution in [3.63, 3.8) is 0 Å². The largest absolute Gasteiger partial charge is 0.462 e. The number of carbonyl (C=O) groups excluding carboxylic acids is 1. The highest BCUT2D eigenvalue weighted by atomic mass is 16.5. The van der Waals surface area contributed by atoms with Crippen molar-refractivity contribution in [1.29, 1.82) is 0 Å². The summed E-state index contributed by atoms with van der Waals surface area (Å²) in [5, 5.41) is 11.8. The van der Waals surface area contributed by atoms with Gasteiger partial charge in [0.15, 0.2) is 0 Å². The van der Waals surface area contributed by atoms with Crippen molar-refractivity contribution in [2.45, 2.75) is 221 Å². The molecular weight excluding hydrogens is 588 g/mol. The van der Waals surface area contributed by atoms with Crippen LogP contribution in [0.4, 0.5) is 0 Å². The first-order chi connectivity index (χ1) is 23.1. The van der Waals surface area contributed by atoms with Gasteiger partial charge in [0, 0.05) is 24.7 Å². The third-order valence-electron chi connectivity index (χ3n) is 14.6. The molecule has 0 saturated heterocycles. The summed E-state index contributed by atoms with van der Waals surface area (Å²) in [5.41, 5.74) is 1.71. The Bertz CT molecular complexity index is 969. The number of unbranched alkanes of at least 4 members (excludes halogenated alkanes) is 14. The van der Waals surface area contributed by atoms with E-state index in [9.17, 15) is 9.90 Å². The number of aliphatic hydroxyl groups excluding tert-OH is 1. The van der Waals surface area contributed by atoms with Gasteiger partial charge in [-0.3, -0.25) is 4.79 Å². The van der Waals surface area contributed by atoms with Crippen LogP contribution in [0.25, 0.3) is 0 Å². The zero-order valence-corrected chi connectivity index (χ0v) is 32.8. The van der Waals surface area contributed by atoms with Gasteiger partial charge in [-0.15, -0.1) is 0 Å². The second-order valence-electron chi connectivity index (χ2n) is 18.4. The molecule has 0 heterocycles. The molecule has 0 bridgehead atoms. The molecule has 48 heavy (non-hydrogen) atoms. The van der Waals surface area contributed by atoms with Gasteiger partial charge in [0.1, 0.15) is 6.10 Å². The highest BCUT2D eigenvalue weighted by molar-refractivity contribution is 5.69. The lowest BCUT2D eigenvalue weighted by Gasteiger charge is -2.59. The first-order valence-corrected chi connectivity index (χ1v) is 21.7. The Kier molecular flexibility index (Phi) is 16.4. The van der Waals surface area contributed by atoms with Crippen LogP contribution in [-0.4, -0.2) is 23.3 Å². The van der Waals surface area contributed by atoms with E-state index in [2.05, 4.69) is 47.6 Å². The molecule has 3 nitrogen and oxygen atoms in total. The van der Waals surface area contributed by atoms with E-state index in [1.54, 1.807) is 0 Å². The van der Waals surface area contributed by atoms with Gasteiger partial charge in [-0.25, -0.2) is 0 Å². The zero-order chi connectivity index (χ0) is 34.6. The number of allylic oxidation sites excluding steroid dienone is 1. The Morgan fingerprint density at radius 2 is 1.42 bits per heavy atom. The number of fused-ring (bicyclic) bond motifs is 5. The second-order valence-corrected chi connectivity index (χ2v) is 18.4. The van der Waals surface area contributed by atoms with Gasteiger partial charge >= 0.3 is 5.97 Å². The normalized spacial score (nSPS) is 33.5. The van der Waals surface area contributed by atoms with Crippen LogP contribution in [-0.2, 0) is 9.53 Å². The fraction of sp³-hybridized carbons (Fsp3) is 0.933. The third kappa shape index (κ3) is 10.4. The summed E-state index contributed by atoms with van der Waals surface area (Å²) in [6.45, 7) is 14.6. The monoisotopic (exact) mass is 669 g/mol. The van der Waals surface area contributed by atoms with Gasteiger partial charge in [-0.1, -0.05) is 162 Å². The molecule has 1 N–H and O–H groups in total. The second kappa shape index (κ2) is 19.7. The summed E-state index contributed by atoms with van der Waals surface area (Å²) in [7, 11) is 0. The minimum absolute atomic E-state index is 0.0484. The Balaban J connectivity index is 1.14. The molecule has 4 rings (SSSR count). The predicted molar refractivity (Wildman–Crippen MR) is 204 cm³/mol. The van der Waals surface area contributed by atoms with Gasteiger partial charge in [0.25, 0.3) is 0 Å². The van der Waals surface area contributed by atoms with E-state index in [1.165, 1.54) is 134 Å². The Morgan fingerprint density at radius 3 is 2.02 bits per heavy atom. The number of carbonyl (C=O) groups is 1. The van der Waals surface area contributed by atoms with E-state index in [-0.39, 0.29) is 17.5 Å². The molecule has 0 aromatic carbocycles. The lowest BCUT2D eigenvalue weighted by atomic mass is 9.46. The molecule has 3 heteroatoms. The summed E-state index contributed by atoms with van der Waals surface area (Å²) in [6, 6.07) is 0. The van der Waals surface area contributed by atoms with Gasteiger partial charge in [0.2, 0.25) is 0 Å². The van der Waals surface area contributed by atoms with Crippen molar-refractivity contribution in [2.24, 2.45) is 46.3 Å². The predicted octanol–water partition coefficient (Wildman–Crippen LogP) is 13.2. The molecule has 0 aromatic heterocycles. The number of ether oxygens (including phenoxy) is 1. The highest BCUT2D eigenvalue weighted by Crippen LogP contribution is 2.67. The lowest BCUT2D eigenvalue weighted by Crippen LogP contribution is -2.56. The molecule has 0 spiro atoms. The van der Waals surface area contributed by atoms with Crippen molar-refractivity contribution >= 4 is 5.97 Å². The van der Waals surface area contributed by atoms with Gasteiger partial charge in [-0.2, -0.15) is 0 Å². The molecule has 0 aliphatic heterocycles. The average molecular weight is 669 g/mol. The van der Waals surface area contributed by atoms with Crippen LogP contribution in [0.1, 0.15) is 208 Å². The first kappa shape index (κ1) is 39.9. The minimum atomic E-state index is -0.412. The fourth-order valence-electron chi connectivity index (χ4n) is 11.7. The van der Waals surface area contributed by atoms with E-state index in [1.807, 2.05) is 0 Å². The van der Waals surface area contributed by atoms with Gasteiger partial charge in [-0.05, 0) is 79.4 Å². The number of hydrogen-bond donors (Lipinski definition) is 1. The quantitative estimate of drug-likeness (QED) is 0.0709. The molecule has 0 radical (unpaired) electrons. The van der Waals surface area contributed by atoms with Crippen molar-refractivity contribution < 1.29 is 14.6 Å². The summed E-state index contributed by atoms with van der Waals surface area (Å²) in [5.74, 6) is 4.51. The topological polar surface area (TPSA) is 46.5 Å². The summed E-state index contributed by atoms with van der Waals surface area (Å²) in [6.07, 6.45) is 34.6. The van der Waals surface area contributed by atoms with Gasteiger partial charge in [0.05, 0.1) is 6.10 Å². The van der Waals surface area contributed by atoms with Crippen LogP contribution in [0, 0.1) is 46.3 Å². The highest BCUT2D eigenvalue weighted by Gasteiger charge is 2.61. The summed E-state index contributed by atoms with van der Waals surface area (Å²) in [4.78, 5) is 12.8. The first-order valence-electron chi connectivity index (χ1n) is 21.7. The van der Waals surface area contributed by atoms with Crippen molar-refractivity contribution in [2.75, 3.05) is 0 Å². The van der Waals surface area contributed by atoms with Crippen LogP contribution in [0.15, 0.2) is 11.6 Å². The molecule has 1 unspecified atom stereocenters. The van der Waals surface area contributed by atoms with E-state index in [0.29, 0.717) is 30.1 Å². The fourth-order valence-corrected chi connectivity index (χ4v) is 11.7. The maximum Gasteiger partial charge on any atom is 0.306 e. The van der Waals surface area contributed by atoms with Crippen molar-refractivity contribution in [3.05, 3.63) is 11.6 Å². The van der Waals surface area contributed by atoms with E-state index < -0.39 is 6.10 Å². The molecular formula is C45H80O3. The average Bonchev–Trinajstić information content (AvgIpc) is 3.41. The number of rotatable bonds is 22. The van der Waals surface area contributed by atoms with E-state index in [0.717, 1.165) is 49.4 Å². The molecule has 3 saturated carbocycles. The molecule has 278 valence electrons. The number of esters is 1. The van der Waals surface area contributed by atoms with E-state index >= 15 is 0 Å². The van der Waals surface area contributed by atoms with Crippen LogP contribution in [0.2, 0.25) is 0 Å². The Morgan fingerprint density at radius 1 is 0.812 bits per heavy atom.